The van der Waals surface area contributed by atoms with E-state index in [1.165, 1.54) is 11.6 Å². The van der Waals surface area contributed by atoms with Gasteiger partial charge in [-0.15, -0.1) is 22.6 Å². The highest BCUT2D eigenvalue weighted by atomic mass is 35.5. The molecule has 1 aliphatic heterocycles. The summed E-state index contributed by atoms with van der Waals surface area (Å²) < 4.78 is 20.9. The number of aryl methyl sites for hydroxylation is 1. The zero-order chi connectivity index (χ0) is 22.6. The molecule has 2 aromatic heterocycles. The second kappa shape index (κ2) is 11.2. The third kappa shape index (κ3) is 5.28. The number of hydrogen-bond acceptors (Lipinski definition) is 6. The lowest BCUT2D eigenvalue weighted by Gasteiger charge is -2.46. The Morgan fingerprint density at radius 1 is 1.21 bits per heavy atom. The number of piperidine rings is 1. The second-order valence-electron chi connectivity index (χ2n) is 8.14. The fraction of sp³-hybridized carbons (Fsp3) is 0.458. The van der Waals surface area contributed by atoms with E-state index in [9.17, 15) is 9.18 Å². The molecule has 1 amide bonds. The summed E-state index contributed by atoms with van der Waals surface area (Å²) in [5.74, 6) is 0.343. The number of nitrogens with zero attached hydrogens (tertiary/aromatic N) is 4. The molecule has 6 nitrogen and oxygen atoms in total. The van der Waals surface area contributed by atoms with E-state index in [1.807, 2.05) is 6.92 Å². The Balaban J connectivity index is 0.00000306. The maximum Gasteiger partial charge on any atom is 0.242 e. The summed E-state index contributed by atoms with van der Waals surface area (Å²) in [6.45, 7) is 6.21. The molecule has 0 aliphatic carbocycles. The maximum atomic E-state index is 14.9. The SMILES string of the molecule is CCC(=O)N(c1ccccc1F)C1(c2nnc(CC)o2)CCN(CCc2ccsc2)CC1.Cl. The van der Waals surface area contributed by atoms with Gasteiger partial charge in [-0.3, -0.25) is 9.69 Å². The van der Waals surface area contributed by atoms with Crippen molar-refractivity contribution < 1.29 is 13.6 Å². The number of amides is 1. The number of aromatic nitrogens is 2. The molecule has 0 N–H and O–H groups in total. The van der Waals surface area contributed by atoms with Crippen molar-refractivity contribution in [1.29, 1.82) is 0 Å². The Kier molecular flexibility index (Phi) is 8.62. The Hall–Kier alpha value is -2.29. The first kappa shape index (κ1) is 25.3. The molecule has 1 aromatic carbocycles. The fourth-order valence-electron chi connectivity index (χ4n) is 4.38. The van der Waals surface area contributed by atoms with Crippen molar-refractivity contribution >= 4 is 35.3 Å². The van der Waals surface area contributed by atoms with Gasteiger partial charge in [0.15, 0.2) is 0 Å². The molecule has 0 bridgehead atoms. The van der Waals surface area contributed by atoms with Crippen LogP contribution >= 0.6 is 23.7 Å². The molecule has 3 heterocycles. The average Bonchev–Trinajstić information content (AvgIpc) is 3.52. The smallest absolute Gasteiger partial charge is 0.242 e. The highest BCUT2D eigenvalue weighted by Gasteiger charge is 2.49. The lowest BCUT2D eigenvalue weighted by Crippen LogP contribution is -2.56. The molecular formula is C24H30ClFN4O2S. The summed E-state index contributed by atoms with van der Waals surface area (Å²) in [5.41, 5.74) is 0.738. The van der Waals surface area contributed by atoms with Gasteiger partial charge in [-0.2, -0.15) is 11.3 Å². The number of benzene rings is 1. The van der Waals surface area contributed by atoms with Crippen LogP contribution in [0.3, 0.4) is 0 Å². The molecule has 33 heavy (non-hydrogen) atoms. The van der Waals surface area contributed by atoms with Crippen LogP contribution in [0.15, 0.2) is 45.5 Å². The number of carbonyl (C=O) groups excluding carboxylic acids is 1. The molecule has 9 heteroatoms. The van der Waals surface area contributed by atoms with Crippen LogP contribution in [0.5, 0.6) is 0 Å². The lowest BCUT2D eigenvalue weighted by atomic mass is 9.84. The number of carbonyl (C=O) groups is 1. The van der Waals surface area contributed by atoms with E-state index >= 15 is 0 Å². The Bertz CT molecular complexity index is 1030. The van der Waals surface area contributed by atoms with Crippen LogP contribution in [0.2, 0.25) is 0 Å². The number of halogens is 2. The fourth-order valence-corrected chi connectivity index (χ4v) is 5.08. The monoisotopic (exact) mass is 492 g/mol. The molecule has 0 unspecified atom stereocenters. The first-order valence-corrected chi connectivity index (χ1v) is 12.2. The van der Waals surface area contributed by atoms with Crippen LogP contribution < -0.4 is 4.90 Å². The van der Waals surface area contributed by atoms with Gasteiger partial charge in [0.1, 0.15) is 11.4 Å². The predicted octanol–water partition coefficient (Wildman–Crippen LogP) is 5.23. The van der Waals surface area contributed by atoms with Gasteiger partial charge in [-0.1, -0.05) is 26.0 Å². The van der Waals surface area contributed by atoms with Gasteiger partial charge >= 0.3 is 0 Å². The van der Waals surface area contributed by atoms with Crippen LogP contribution in [0.25, 0.3) is 0 Å². The van der Waals surface area contributed by atoms with Crippen LogP contribution in [0.1, 0.15) is 50.5 Å². The van der Waals surface area contributed by atoms with Gasteiger partial charge in [0.25, 0.3) is 0 Å². The minimum absolute atomic E-state index is 0. The summed E-state index contributed by atoms with van der Waals surface area (Å²) in [6.07, 6.45) is 3.05. The zero-order valence-corrected chi connectivity index (χ0v) is 20.6. The largest absolute Gasteiger partial charge is 0.423 e. The minimum atomic E-state index is -0.866. The quantitative estimate of drug-likeness (QED) is 0.430. The molecule has 3 aromatic rings. The lowest BCUT2D eigenvalue weighted by molar-refractivity contribution is -0.120. The van der Waals surface area contributed by atoms with E-state index in [2.05, 4.69) is 31.9 Å². The van der Waals surface area contributed by atoms with Crippen molar-refractivity contribution in [2.75, 3.05) is 24.5 Å². The van der Waals surface area contributed by atoms with E-state index in [0.717, 1.165) is 26.1 Å². The van der Waals surface area contributed by atoms with Crippen LogP contribution in [-0.2, 0) is 23.2 Å². The molecule has 0 atom stereocenters. The number of hydrogen-bond donors (Lipinski definition) is 0. The Morgan fingerprint density at radius 3 is 2.58 bits per heavy atom. The maximum absolute atomic E-state index is 14.9. The Labute approximate surface area is 204 Å². The molecular weight excluding hydrogens is 463 g/mol. The number of para-hydroxylation sites is 1. The van der Waals surface area contributed by atoms with E-state index < -0.39 is 11.4 Å². The van der Waals surface area contributed by atoms with Crippen LogP contribution in [-0.4, -0.2) is 40.6 Å². The topological polar surface area (TPSA) is 62.5 Å². The molecule has 1 saturated heterocycles. The number of thiophene rings is 1. The van der Waals surface area contributed by atoms with Crippen molar-refractivity contribution in [2.24, 2.45) is 0 Å². The van der Waals surface area contributed by atoms with E-state index in [1.54, 1.807) is 41.4 Å². The standard InChI is InChI=1S/C24H29FN4O2S.ClH/c1-3-21-26-27-23(31-21)24(29(22(30)4-2)20-8-6-5-7-19(20)25)11-14-28(15-12-24)13-9-18-10-16-32-17-18;/h5-8,10,16-17H,3-4,9,11-15H2,1-2H3;1H. The summed E-state index contributed by atoms with van der Waals surface area (Å²) >= 11 is 1.71. The molecule has 0 spiro atoms. The predicted molar refractivity (Wildman–Crippen MR) is 130 cm³/mol. The highest BCUT2D eigenvalue weighted by Crippen LogP contribution is 2.42. The summed E-state index contributed by atoms with van der Waals surface area (Å²) in [5, 5.41) is 12.8. The normalized spacial score (nSPS) is 15.7. The molecule has 178 valence electrons. The summed E-state index contributed by atoms with van der Waals surface area (Å²) in [4.78, 5) is 17.2. The van der Waals surface area contributed by atoms with E-state index in [4.69, 9.17) is 4.42 Å². The third-order valence-electron chi connectivity index (χ3n) is 6.22. The van der Waals surface area contributed by atoms with Gasteiger partial charge in [0, 0.05) is 32.5 Å². The van der Waals surface area contributed by atoms with Gasteiger partial charge in [-0.05, 0) is 53.8 Å². The van der Waals surface area contributed by atoms with Gasteiger partial charge in [0.05, 0.1) is 5.69 Å². The molecule has 1 fully saturated rings. The molecule has 0 saturated carbocycles. The van der Waals surface area contributed by atoms with Crippen molar-refractivity contribution in [3.05, 3.63) is 64.3 Å². The molecule has 0 radical (unpaired) electrons. The van der Waals surface area contributed by atoms with Gasteiger partial charge < -0.3 is 9.32 Å². The van der Waals surface area contributed by atoms with E-state index in [0.29, 0.717) is 31.0 Å². The Morgan fingerprint density at radius 2 is 1.97 bits per heavy atom. The first-order valence-electron chi connectivity index (χ1n) is 11.2. The highest BCUT2D eigenvalue weighted by molar-refractivity contribution is 7.07. The van der Waals surface area contributed by atoms with Gasteiger partial charge in [0.2, 0.25) is 17.7 Å². The summed E-state index contributed by atoms with van der Waals surface area (Å²) in [7, 11) is 0. The zero-order valence-electron chi connectivity index (χ0n) is 19.0. The van der Waals surface area contributed by atoms with Crippen molar-refractivity contribution in [3.8, 4) is 0 Å². The van der Waals surface area contributed by atoms with Crippen LogP contribution in [0, 0.1) is 5.82 Å². The number of likely N-dealkylation sites (tertiary alicyclic amines) is 1. The average molecular weight is 493 g/mol. The van der Waals surface area contributed by atoms with Crippen LogP contribution in [0.4, 0.5) is 10.1 Å². The third-order valence-corrected chi connectivity index (χ3v) is 6.95. The first-order chi connectivity index (χ1) is 15.6. The van der Waals surface area contributed by atoms with Crippen molar-refractivity contribution in [2.45, 2.75) is 51.5 Å². The number of rotatable bonds is 8. The molecule has 1 aliphatic rings. The number of anilines is 1. The molecule has 4 rings (SSSR count). The van der Waals surface area contributed by atoms with Gasteiger partial charge in [-0.25, -0.2) is 4.39 Å². The van der Waals surface area contributed by atoms with E-state index in [-0.39, 0.29) is 30.4 Å². The summed E-state index contributed by atoms with van der Waals surface area (Å²) in [6, 6.07) is 8.59. The minimum Gasteiger partial charge on any atom is -0.423 e. The second-order valence-corrected chi connectivity index (χ2v) is 8.92. The van der Waals surface area contributed by atoms with Crippen molar-refractivity contribution in [1.82, 2.24) is 15.1 Å². The van der Waals surface area contributed by atoms with Crippen molar-refractivity contribution in [3.63, 3.8) is 0 Å².